The molecule has 1 saturated heterocycles. The van der Waals surface area contributed by atoms with Crippen LogP contribution < -0.4 is 10.1 Å². The third-order valence-electron chi connectivity index (χ3n) is 4.89. The average Bonchev–Trinajstić information content (AvgIpc) is 2.74. The molecule has 0 radical (unpaired) electrons. The van der Waals surface area contributed by atoms with Gasteiger partial charge in [0.25, 0.3) is 0 Å². The molecule has 1 N–H and O–H groups in total. The van der Waals surface area contributed by atoms with Gasteiger partial charge in [-0.1, -0.05) is 41.9 Å². The number of halogens is 2. The number of benzene rings is 3. The van der Waals surface area contributed by atoms with E-state index in [0.717, 1.165) is 54.1 Å². The van der Waals surface area contributed by atoms with E-state index >= 15 is 0 Å². The van der Waals surface area contributed by atoms with Crippen molar-refractivity contribution in [2.24, 2.45) is 4.99 Å². The lowest BCUT2D eigenvalue weighted by molar-refractivity contribution is 0.356. The number of methoxy groups -OCH3 is 1. The molecule has 4 rings (SSSR count). The summed E-state index contributed by atoms with van der Waals surface area (Å²) in [5.41, 5.74) is 1.54. The fourth-order valence-corrected chi connectivity index (χ4v) is 3.67. The highest BCUT2D eigenvalue weighted by molar-refractivity contribution is 6.31. The number of hydrogen-bond donors (Lipinski definition) is 1. The first-order chi connectivity index (χ1) is 13.7. The molecule has 0 aliphatic carbocycles. The summed E-state index contributed by atoms with van der Waals surface area (Å²) in [6.07, 6.45) is 0. The van der Waals surface area contributed by atoms with Gasteiger partial charge in [0.2, 0.25) is 0 Å². The fourth-order valence-electron chi connectivity index (χ4n) is 3.49. The maximum atomic E-state index is 13.6. The van der Waals surface area contributed by atoms with Crippen molar-refractivity contribution >= 4 is 33.9 Å². The molecule has 6 heteroatoms. The van der Waals surface area contributed by atoms with Gasteiger partial charge >= 0.3 is 0 Å². The zero-order valence-corrected chi connectivity index (χ0v) is 16.3. The highest BCUT2D eigenvalue weighted by atomic mass is 35.5. The lowest BCUT2D eigenvalue weighted by Crippen LogP contribution is -2.46. The minimum absolute atomic E-state index is 0.0609. The number of amidine groups is 1. The Hall–Kier alpha value is -2.63. The van der Waals surface area contributed by atoms with Gasteiger partial charge in [0.1, 0.15) is 17.4 Å². The molecule has 0 bridgehead atoms. The second-order valence-electron chi connectivity index (χ2n) is 6.63. The Kier molecular flexibility index (Phi) is 5.46. The van der Waals surface area contributed by atoms with E-state index < -0.39 is 5.82 Å². The first kappa shape index (κ1) is 18.7. The average molecular weight is 398 g/mol. The molecule has 0 atom stereocenters. The van der Waals surface area contributed by atoms with Gasteiger partial charge < -0.3 is 15.0 Å². The number of nitrogens with zero attached hydrogens (tertiary/aromatic N) is 2. The summed E-state index contributed by atoms with van der Waals surface area (Å²) in [4.78, 5) is 7.13. The number of ether oxygens (including phenoxy) is 1. The zero-order valence-electron chi connectivity index (χ0n) is 15.6. The van der Waals surface area contributed by atoms with Crippen LogP contribution >= 0.6 is 11.6 Å². The SMILES string of the molecule is COc1ccc2ccccc2c1C(=Nc1ccc(F)c(Cl)c1)N1CCNCC1. The Balaban J connectivity index is 1.94. The minimum Gasteiger partial charge on any atom is -0.496 e. The van der Waals surface area contributed by atoms with Crippen LogP contribution in [-0.4, -0.2) is 44.0 Å². The van der Waals surface area contributed by atoms with E-state index in [9.17, 15) is 4.39 Å². The summed E-state index contributed by atoms with van der Waals surface area (Å²) in [5.74, 6) is 1.11. The number of rotatable bonds is 3. The maximum absolute atomic E-state index is 13.6. The van der Waals surface area contributed by atoms with Crippen LogP contribution in [0.3, 0.4) is 0 Å². The summed E-state index contributed by atoms with van der Waals surface area (Å²) >= 11 is 5.99. The van der Waals surface area contributed by atoms with E-state index in [-0.39, 0.29) is 5.02 Å². The van der Waals surface area contributed by atoms with Gasteiger partial charge in [-0.25, -0.2) is 9.38 Å². The van der Waals surface area contributed by atoms with Crippen molar-refractivity contribution in [1.82, 2.24) is 10.2 Å². The first-order valence-corrected chi connectivity index (χ1v) is 9.60. The molecule has 3 aromatic rings. The van der Waals surface area contributed by atoms with E-state index in [4.69, 9.17) is 21.3 Å². The predicted octanol–water partition coefficient (Wildman–Crippen LogP) is 4.62. The second-order valence-corrected chi connectivity index (χ2v) is 7.04. The van der Waals surface area contributed by atoms with Crippen molar-refractivity contribution in [2.45, 2.75) is 0 Å². The van der Waals surface area contributed by atoms with Crippen LogP contribution in [0, 0.1) is 5.82 Å². The monoisotopic (exact) mass is 397 g/mol. The smallest absolute Gasteiger partial charge is 0.141 e. The van der Waals surface area contributed by atoms with Crippen LogP contribution in [0.4, 0.5) is 10.1 Å². The summed E-state index contributed by atoms with van der Waals surface area (Å²) in [5, 5.41) is 5.60. The molecule has 0 aromatic heterocycles. The van der Waals surface area contributed by atoms with Crippen LogP contribution in [-0.2, 0) is 0 Å². The van der Waals surface area contributed by atoms with Crippen molar-refractivity contribution in [2.75, 3.05) is 33.3 Å². The van der Waals surface area contributed by atoms with Gasteiger partial charge in [-0.2, -0.15) is 0 Å². The molecule has 0 spiro atoms. The number of piperazine rings is 1. The summed E-state index contributed by atoms with van der Waals surface area (Å²) in [6.45, 7) is 3.38. The van der Waals surface area contributed by atoms with Crippen LogP contribution in [0.1, 0.15) is 5.56 Å². The van der Waals surface area contributed by atoms with Crippen LogP contribution in [0.25, 0.3) is 10.8 Å². The standard InChI is InChI=1S/C22H21ClFN3O/c1-28-20-9-6-15-4-2-3-5-17(15)21(20)22(27-12-10-25-11-13-27)26-16-7-8-19(24)18(23)14-16/h2-9,14,25H,10-13H2,1H3. The number of aliphatic imine (C=N–C) groups is 1. The molecule has 28 heavy (non-hydrogen) atoms. The summed E-state index contributed by atoms with van der Waals surface area (Å²) in [6, 6.07) is 16.7. The van der Waals surface area contributed by atoms with Gasteiger partial charge in [0.15, 0.2) is 0 Å². The largest absolute Gasteiger partial charge is 0.496 e. The molecular weight excluding hydrogens is 377 g/mol. The van der Waals surface area contributed by atoms with Crippen molar-refractivity contribution in [3.8, 4) is 5.75 Å². The predicted molar refractivity (Wildman–Crippen MR) is 113 cm³/mol. The van der Waals surface area contributed by atoms with Crippen LogP contribution in [0.15, 0.2) is 59.6 Å². The Morgan fingerprint density at radius 1 is 1.11 bits per heavy atom. The van der Waals surface area contributed by atoms with Crippen molar-refractivity contribution in [3.63, 3.8) is 0 Å². The molecular formula is C22H21ClFN3O. The quantitative estimate of drug-likeness (QED) is 0.517. The minimum atomic E-state index is -0.452. The van der Waals surface area contributed by atoms with Crippen molar-refractivity contribution < 1.29 is 9.13 Å². The van der Waals surface area contributed by atoms with Gasteiger partial charge in [-0.05, 0) is 35.0 Å². The van der Waals surface area contributed by atoms with E-state index in [2.05, 4.69) is 22.3 Å². The second kappa shape index (κ2) is 8.17. The third kappa shape index (κ3) is 3.68. The lowest BCUT2D eigenvalue weighted by Gasteiger charge is -2.31. The topological polar surface area (TPSA) is 36.9 Å². The highest BCUT2D eigenvalue weighted by Crippen LogP contribution is 2.32. The van der Waals surface area contributed by atoms with Gasteiger partial charge in [0.05, 0.1) is 23.4 Å². The summed E-state index contributed by atoms with van der Waals surface area (Å²) < 4.78 is 19.3. The van der Waals surface area contributed by atoms with Gasteiger partial charge in [0, 0.05) is 26.2 Å². The van der Waals surface area contributed by atoms with Crippen LogP contribution in [0.2, 0.25) is 5.02 Å². The molecule has 1 heterocycles. The molecule has 1 fully saturated rings. The maximum Gasteiger partial charge on any atom is 0.141 e. The highest BCUT2D eigenvalue weighted by Gasteiger charge is 2.22. The molecule has 0 amide bonds. The fraction of sp³-hybridized carbons (Fsp3) is 0.227. The Morgan fingerprint density at radius 3 is 2.64 bits per heavy atom. The molecule has 1 aliphatic rings. The van der Waals surface area contributed by atoms with E-state index in [0.29, 0.717) is 5.69 Å². The molecule has 1 aliphatic heterocycles. The Morgan fingerprint density at radius 2 is 1.89 bits per heavy atom. The third-order valence-corrected chi connectivity index (χ3v) is 5.18. The van der Waals surface area contributed by atoms with E-state index in [1.165, 1.54) is 6.07 Å². The Bertz CT molecular complexity index is 1030. The number of fused-ring (bicyclic) bond motifs is 1. The first-order valence-electron chi connectivity index (χ1n) is 9.23. The van der Waals surface area contributed by atoms with E-state index in [1.54, 1.807) is 19.2 Å². The molecule has 0 saturated carbocycles. The molecule has 0 unspecified atom stereocenters. The molecule has 4 nitrogen and oxygen atoms in total. The number of hydrogen-bond acceptors (Lipinski definition) is 3. The Labute approximate surface area is 168 Å². The zero-order chi connectivity index (χ0) is 19.5. The normalized spacial score (nSPS) is 15.1. The lowest BCUT2D eigenvalue weighted by atomic mass is 10.0. The summed E-state index contributed by atoms with van der Waals surface area (Å²) in [7, 11) is 1.66. The van der Waals surface area contributed by atoms with E-state index in [1.807, 2.05) is 24.3 Å². The van der Waals surface area contributed by atoms with Crippen molar-refractivity contribution in [1.29, 1.82) is 0 Å². The molecule has 3 aromatic carbocycles. The molecule has 144 valence electrons. The number of nitrogens with one attached hydrogen (secondary N) is 1. The van der Waals surface area contributed by atoms with Crippen molar-refractivity contribution in [3.05, 3.63) is 71.0 Å². The van der Waals surface area contributed by atoms with Gasteiger partial charge in [-0.15, -0.1) is 0 Å². The van der Waals surface area contributed by atoms with Crippen LogP contribution in [0.5, 0.6) is 5.75 Å². The van der Waals surface area contributed by atoms with Gasteiger partial charge in [-0.3, -0.25) is 0 Å².